The molecule has 0 bridgehead atoms. The minimum Gasteiger partial charge on any atom is -0.468 e. The molecule has 0 aliphatic carbocycles. The lowest BCUT2D eigenvalue weighted by Gasteiger charge is -2.22. The molecular weight excluding hydrogens is 362 g/mol. The lowest BCUT2D eigenvalue weighted by Crippen LogP contribution is -2.34. The second-order valence-electron chi connectivity index (χ2n) is 6.36. The molecule has 0 saturated carbocycles. The maximum atomic E-state index is 12.5. The molecule has 1 aromatic carbocycles. The molecule has 0 radical (unpaired) electrons. The van der Waals surface area contributed by atoms with E-state index in [0.29, 0.717) is 12.3 Å². The number of carbonyl (C=O) groups excluding carboxylic acids is 1. The summed E-state index contributed by atoms with van der Waals surface area (Å²) in [6.07, 6.45) is 1.63. The van der Waals surface area contributed by atoms with Crippen LogP contribution in [0.1, 0.15) is 22.4 Å². The number of hydrogen-bond acceptors (Lipinski definition) is 6. The third-order valence-electron chi connectivity index (χ3n) is 4.29. The van der Waals surface area contributed by atoms with E-state index >= 15 is 0 Å². The molecule has 3 aromatic heterocycles. The molecule has 0 fully saturated rings. The molecule has 0 aliphatic rings. The SMILES string of the molecule is CN(C)[C@@H](CNC(=O)c1ccc(-c2nc3ccccc3s2)o1)c1ccco1. The second kappa shape index (κ2) is 7.38. The Labute approximate surface area is 160 Å². The van der Waals surface area contributed by atoms with Gasteiger partial charge in [-0.2, -0.15) is 0 Å². The Hall–Kier alpha value is -2.90. The first-order valence-corrected chi connectivity index (χ1v) is 9.37. The number of para-hydroxylation sites is 1. The van der Waals surface area contributed by atoms with Gasteiger partial charge in [-0.3, -0.25) is 9.69 Å². The van der Waals surface area contributed by atoms with Crippen LogP contribution in [0.5, 0.6) is 0 Å². The molecule has 4 aromatic rings. The summed E-state index contributed by atoms with van der Waals surface area (Å²) < 4.78 is 12.3. The Morgan fingerprint density at radius 2 is 2.04 bits per heavy atom. The number of rotatable bonds is 6. The number of aromatic nitrogens is 1. The fourth-order valence-electron chi connectivity index (χ4n) is 2.85. The molecule has 0 saturated heterocycles. The summed E-state index contributed by atoms with van der Waals surface area (Å²) in [5, 5.41) is 3.67. The quantitative estimate of drug-likeness (QED) is 0.542. The van der Waals surface area contributed by atoms with E-state index in [4.69, 9.17) is 8.83 Å². The van der Waals surface area contributed by atoms with Crippen molar-refractivity contribution in [2.45, 2.75) is 6.04 Å². The largest absolute Gasteiger partial charge is 0.468 e. The number of benzene rings is 1. The number of furan rings is 2. The van der Waals surface area contributed by atoms with Gasteiger partial charge in [0.05, 0.1) is 22.5 Å². The molecule has 0 unspecified atom stereocenters. The lowest BCUT2D eigenvalue weighted by molar-refractivity contribution is 0.0912. The number of amides is 1. The van der Waals surface area contributed by atoms with Gasteiger partial charge in [0, 0.05) is 6.54 Å². The molecule has 6 nitrogen and oxygen atoms in total. The molecule has 0 aliphatic heterocycles. The Bertz CT molecular complexity index is 1020. The van der Waals surface area contributed by atoms with Crippen LogP contribution < -0.4 is 5.32 Å². The number of fused-ring (bicyclic) bond motifs is 1. The summed E-state index contributed by atoms with van der Waals surface area (Å²) in [7, 11) is 3.88. The van der Waals surface area contributed by atoms with Crippen LogP contribution in [0, 0.1) is 0 Å². The number of nitrogens with zero attached hydrogens (tertiary/aromatic N) is 2. The minimum absolute atomic E-state index is 0.0531. The Morgan fingerprint density at radius 3 is 2.78 bits per heavy atom. The van der Waals surface area contributed by atoms with Crippen molar-refractivity contribution in [2.75, 3.05) is 20.6 Å². The first-order valence-electron chi connectivity index (χ1n) is 8.55. The summed E-state index contributed by atoms with van der Waals surface area (Å²) in [6.45, 7) is 0.413. The average molecular weight is 381 g/mol. The van der Waals surface area contributed by atoms with E-state index in [1.165, 1.54) is 0 Å². The van der Waals surface area contributed by atoms with E-state index < -0.39 is 0 Å². The van der Waals surface area contributed by atoms with Gasteiger partial charge in [-0.05, 0) is 50.5 Å². The standard InChI is InChI=1S/C20H19N3O3S/c1-23(2)14(15-7-5-11-25-15)12-21-19(24)16-9-10-17(26-16)20-22-13-6-3-4-8-18(13)27-20/h3-11,14H,12H2,1-2H3,(H,21,24)/t14-/m0/s1. The molecule has 3 heterocycles. The first kappa shape index (κ1) is 17.5. The van der Waals surface area contributed by atoms with Gasteiger partial charge in [-0.25, -0.2) is 4.98 Å². The van der Waals surface area contributed by atoms with Crippen molar-refractivity contribution >= 4 is 27.5 Å². The van der Waals surface area contributed by atoms with Crippen molar-refractivity contribution in [1.29, 1.82) is 0 Å². The van der Waals surface area contributed by atoms with Crippen LogP contribution in [0.15, 0.2) is 63.6 Å². The Kier molecular flexibility index (Phi) is 4.79. The molecule has 1 atom stereocenters. The van der Waals surface area contributed by atoms with E-state index in [9.17, 15) is 4.79 Å². The van der Waals surface area contributed by atoms with Crippen LogP contribution in [-0.4, -0.2) is 36.4 Å². The first-order chi connectivity index (χ1) is 13.1. The van der Waals surface area contributed by atoms with Gasteiger partial charge in [0.1, 0.15) is 5.76 Å². The van der Waals surface area contributed by atoms with Crippen LogP contribution in [0.2, 0.25) is 0 Å². The number of thiazole rings is 1. The predicted octanol–water partition coefficient (Wildman–Crippen LogP) is 4.18. The van der Waals surface area contributed by atoms with E-state index in [1.807, 2.05) is 55.4 Å². The zero-order valence-electron chi connectivity index (χ0n) is 15.0. The number of carbonyl (C=O) groups is 1. The molecule has 138 valence electrons. The number of likely N-dealkylation sites (N-methyl/N-ethyl adjacent to an activating group) is 1. The Balaban J connectivity index is 1.47. The molecular formula is C20H19N3O3S. The van der Waals surface area contributed by atoms with E-state index in [2.05, 4.69) is 10.3 Å². The molecule has 7 heteroatoms. The van der Waals surface area contributed by atoms with Gasteiger partial charge in [-0.15, -0.1) is 11.3 Å². The third kappa shape index (κ3) is 3.65. The average Bonchev–Trinajstić information content (AvgIpc) is 3.40. The van der Waals surface area contributed by atoms with Gasteiger partial charge >= 0.3 is 0 Å². The normalized spacial score (nSPS) is 12.6. The molecule has 1 amide bonds. The van der Waals surface area contributed by atoms with Crippen LogP contribution >= 0.6 is 11.3 Å². The van der Waals surface area contributed by atoms with Crippen LogP contribution in [0.3, 0.4) is 0 Å². The fraction of sp³-hybridized carbons (Fsp3) is 0.200. The molecule has 4 rings (SSSR count). The summed E-state index contributed by atoms with van der Waals surface area (Å²) in [6, 6.07) is 15.0. The molecule has 27 heavy (non-hydrogen) atoms. The summed E-state index contributed by atoms with van der Waals surface area (Å²) >= 11 is 1.54. The van der Waals surface area contributed by atoms with Crippen molar-refractivity contribution in [2.24, 2.45) is 0 Å². The highest BCUT2D eigenvalue weighted by molar-refractivity contribution is 7.21. The van der Waals surface area contributed by atoms with Crippen molar-refractivity contribution in [3.05, 3.63) is 66.3 Å². The fourth-order valence-corrected chi connectivity index (χ4v) is 3.77. The number of hydrogen-bond donors (Lipinski definition) is 1. The van der Waals surface area contributed by atoms with Gasteiger partial charge in [0.2, 0.25) is 0 Å². The third-order valence-corrected chi connectivity index (χ3v) is 5.34. The highest BCUT2D eigenvalue weighted by Gasteiger charge is 2.20. The zero-order valence-corrected chi connectivity index (χ0v) is 15.8. The predicted molar refractivity (Wildman–Crippen MR) is 105 cm³/mol. The minimum atomic E-state index is -0.263. The molecule has 1 N–H and O–H groups in total. The van der Waals surface area contributed by atoms with Gasteiger partial charge in [0.15, 0.2) is 16.5 Å². The highest BCUT2D eigenvalue weighted by Crippen LogP contribution is 2.31. The van der Waals surface area contributed by atoms with Crippen molar-refractivity contribution in [3.8, 4) is 10.8 Å². The van der Waals surface area contributed by atoms with Crippen molar-refractivity contribution < 1.29 is 13.6 Å². The number of nitrogens with one attached hydrogen (secondary N) is 1. The monoisotopic (exact) mass is 381 g/mol. The van der Waals surface area contributed by atoms with E-state index in [1.54, 1.807) is 29.7 Å². The van der Waals surface area contributed by atoms with Crippen LogP contribution in [0.4, 0.5) is 0 Å². The summed E-state index contributed by atoms with van der Waals surface area (Å²) in [5.41, 5.74) is 0.923. The maximum Gasteiger partial charge on any atom is 0.287 e. The second-order valence-corrected chi connectivity index (χ2v) is 7.39. The van der Waals surface area contributed by atoms with Gasteiger partial charge in [0.25, 0.3) is 5.91 Å². The van der Waals surface area contributed by atoms with Crippen LogP contribution in [-0.2, 0) is 0 Å². The van der Waals surface area contributed by atoms with Gasteiger partial charge in [-0.1, -0.05) is 12.1 Å². The van der Waals surface area contributed by atoms with Crippen molar-refractivity contribution in [1.82, 2.24) is 15.2 Å². The summed E-state index contributed by atoms with van der Waals surface area (Å²) in [5.74, 6) is 1.40. The highest BCUT2D eigenvalue weighted by atomic mass is 32.1. The molecule has 0 spiro atoms. The van der Waals surface area contributed by atoms with E-state index in [-0.39, 0.29) is 17.7 Å². The van der Waals surface area contributed by atoms with E-state index in [0.717, 1.165) is 21.0 Å². The smallest absolute Gasteiger partial charge is 0.287 e. The lowest BCUT2D eigenvalue weighted by atomic mass is 10.2. The van der Waals surface area contributed by atoms with Gasteiger partial charge < -0.3 is 14.2 Å². The van der Waals surface area contributed by atoms with Crippen LogP contribution in [0.25, 0.3) is 21.0 Å². The van der Waals surface area contributed by atoms with Crippen molar-refractivity contribution in [3.63, 3.8) is 0 Å². The summed E-state index contributed by atoms with van der Waals surface area (Å²) in [4.78, 5) is 19.0. The zero-order chi connectivity index (χ0) is 18.8. The maximum absolute atomic E-state index is 12.5. The topological polar surface area (TPSA) is 71.5 Å². The Morgan fingerprint density at radius 1 is 1.19 bits per heavy atom.